The van der Waals surface area contributed by atoms with Gasteiger partial charge in [0.1, 0.15) is 5.75 Å². The van der Waals surface area contributed by atoms with Crippen LogP contribution in [0.3, 0.4) is 0 Å². The van der Waals surface area contributed by atoms with Crippen molar-refractivity contribution in [2.24, 2.45) is 11.7 Å². The molecule has 2 N–H and O–H groups in total. The van der Waals surface area contributed by atoms with Crippen molar-refractivity contribution in [1.82, 2.24) is 0 Å². The summed E-state index contributed by atoms with van der Waals surface area (Å²) in [5, 5.41) is 0. The van der Waals surface area contributed by atoms with E-state index in [4.69, 9.17) is 15.2 Å². The van der Waals surface area contributed by atoms with E-state index in [1.54, 1.807) is 0 Å². The van der Waals surface area contributed by atoms with Crippen molar-refractivity contribution in [1.29, 1.82) is 0 Å². The van der Waals surface area contributed by atoms with Crippen LogP contribution in [0.25, 0.3) is 0 Å². The lowest BCUT2D eigenvalue weighted by Crippen LogP contribution is -2.19. The average Bonchev–Trinajstić information content (AvgIpc) is 2.40. The fraction of sp³-hybridized carbons (Fsp3) is 0.625. The van der Waals surface area contributed by atoms with E-state index in [2.05, 4.69) is 13.8 Å². The highest BCUT2D eigenvalue weighted by molar-refractivity contribution is 5.29. The summed E-state index contributed by atoms with van der Waals surface area (Å²) >= 11 is 0. The lowest BCUT2D eigenvalue weighted by Gasteiger charge is -2.15. The molecule has 3 heteroatoms. The van der Waals surface area contributed by atoms with Gasteiger partial charge in [0.25, 0.3) is 0 Å². The number of hydrogen-bond donors (Lipinski definition) is 1. The zero-order chi connectivity index (χ0) is 14.1. The third-order valence-corrected chi connectivity index (χ3v) is 3.10. The Morgan fingerprint density at radius 2 is 1.79 bits per heavy atom. The third-order valence-electron chi connectivity index (χ3n) is 3.10. The average molecular weight is 265 g/mol. The summed E-state index contributed by atoms with van der Waals surface area (Å²) in [6, 6.07) is 7.87. The van der Waals surface area contributed by atoms with Crippen LogP contribution in [0, 0.1) is 5.92 Å². The van der Waals surface area contributed by atoms with E-state index >= 15 is 0 Å². The first-order valence-corrected chi connectivity index (χ1v) is 7.23. The molecule has 0 aliphatic carbocycles. The van der Waals surface area contributed by atoms with Crippen LogP contribution in [-0.4, -0.2) is 19.8 Å². The molecule has 0 aromatic heterocycles. The Kier molecular flexibility index (Phi) is 7.53. The minimum absolute atomic E-state index is 0.0653. The number of hydrogen-bond acceptors (Lipinski definition) is 3. The molecule has 0 bridgehead atoms. The van der Waals surface area contributed by atoms with E-state index < -0.39 is 0 Å². The lowest BCUT2D eigenvalue weighted by molar-refractivity contribution is 0.0909. The molecule has 19 heavy (non-hydrogen) atoms. The highest BCUT2D eigenvalue weighted by atomic mass is 16.5. The number of ether oxygens (including phenoxy) is 2. The van der Waals surface area contributed by atoms with Crippen LogP contribution in [0.5, 0.6) is 5.75 Å². The minimum Gasteiger partial charge on any atom is -0.494 e. The maximum absolute atomic E-state index is 6.11. The highest BCUT2D eigenvalue weighted by Crippen LogP contribution is 2.17. The van der Waals surface area contributed by atoms with E-state index in [0.29, 0.717) is 19.1 Å². The van der Waals surface area contributed by atoms with Gasteiger partial charge >= 0.3 is 0 Å². The number of nitrogens with two attached hydrogens (primary N) is 1. The van der Waals surface area contributed by atoms with Gasteiger partial charge in [-0.05, 0) is 37.0 Å². The van der Waals surface area contributed by atoms with E-state index in [-0.39, 0.29) is 6.04 Å². The van der Waals surface area contributed by atoms with Gasteiger partial charge < -0.3 is 15.2 Å². The lowest BCUT2D eigenvalue weighted by atomic mass is 10.1. The number of benzene rings is 1. The van der Waals surface area contributed by atoms with E-state index in [1.807, 2.05) is 31.2 Å². The molecule has 1 rings (SSSR count). The van der Waals surface area contributed by atoms with Gasteiger partial charge in [-0.2, -0.15) is 0 Å². The summed E-state index contributed by atoms with van der Waals surface area (Å²) in [4.78, 5) is 0. The van der Waals surface area contributed by atoms with Crippen molar-refractivity contribution >= 4 is 0 Å². The van der Waals surface area contributed by atoms with Gasteiger partial charge in [0.05, 0.1) is 19.3 Å². The van der Waals surface area contributed by atoms with E-state index in [1.165, 1.54) is 12.8 Å². The van der Waals surface area contributed by atoms with Gasteiger partial charge in [-0.15, -0.1) is 0 Å². The second-order valence-corrected chi connectivity index (χ2v) is 5.04. The topological polar surface area (TPSA) is 44.5 Å². The quantitative estimate of drug-likeness (QED) is 0.742. The van der Waals surface area contributed by atoms with Crippen molar-refractivity contribution in [3.8, 4) is 5.75 Å². The first-order valence-electron chi connectivity index (χ1n) is 7.23. The van der Waals surface area contributed by atoms with Crippen molar-refractivity contribution in [3.63, 3.8) is 0 Å². The molecule has 0 saturated heterocycles. The Morgan fingerprint density at radius 1 is 1.11 bits per heavy atom. The monoisotopic (exact) mass is 265 g/mol. The molecule has 2 atom stereocenters. The standard InChI is InChI=1S/C16H27NO2/c1-4-6-13(3)11-18-12-16(17)14-7-9-15(10-8-14)19-5-2/h7-10,13,16H,4-6,11-12,17H2,1-3H3. The van der Waals surface area contributed by atoms with Crippen molar-refractivity contribution in [3.05, 3.63) is 29.8 Å². The van der Waals surface area contributed by atoms with Gasteiger partial charge in [0.2, 0.25) is 0 Å². The van der Waals surface area contributed by atoms with Gasteiger partial charge in [-0.3, -0.25) is 0 Å². The van der Waals surface area contributed by atoms with Crippen molar-refractivity contribution < 1.29 is 9.47 Å². The van der Waals surface area contributed by atoms with Crippen LogP contribution < -0.4 is 10.5 Å². The molecule has 0 saturated carbocycles. The molecule has 1 aromatic rings. The third kappa shape index (κ3) is 6.08. The summed E-state index contributed by atoms with van der Waals surface area (Å²) in [6.45, 7) is 8.43. The smallest absolute Gasteiger partial charge is 0.119 e. The van der Waals surface area contributed by atoms with Gasteiger partial charge in [0.15, 0.2) is 0 Å². The molecule has 0 amide bonds. The molecule has 1 aromatic carbocycles. The molecule has 0 heterocycles. The van der Waals surface area contributed by atoms with Crippen LogP contribution in [0.2, 0.25) is 0 Å². The molecule has 0 aliphatic heterocycles. The molecular formula is C16H27NO2. The van der Waals surface area contributed by atoms with Gasteiger partial charge in [-0.25, -0.2) is 0 Å². The maximum Gasteiger partial charge on any atom is 0.119 e. The molecule has 0 aliphatic rings. The van der Waals surface area contributed by atoms with Crippen LogP contribution in [0.15, 0.2) is 24.3 Å². The Bertz CT molecular complexity index is 337. The first-order chi connectivity index (χ1) is 9.17. The Morgan fingerprint density at radius 3 is 2.37 bits per heavy atom. The molecular weight excluding hydrogens is 238 g/mol. The zero-order valence-electron chi connectivity index (χ0n) is 12.4. The van der Waals surface area contributed by atoms with Crippen LogP contribution in [-0.2, 0) is 4.74 Å². The summed E-state index contributed by atoms with van der Waals surface area (Å²) in [5.74, 6) is 1.49. The molecule has 0 radical (unpaired) electrons. The number of rotatable bonds is 9. The van der Waals surface area contributed by atoms with Crippen molar-refractivity contribution in [2.45, 2.75) is 39.7 Å². The Hall–Kier alpha value is -1.06. The molecule has 108 valence electrons. The molecule has 0 fully saturated rings. The maximum atomic E-state index is 6.11. The van der Waals surface area contributed by atoms with E-state index in [0.717, 1.165) is 17.9 Å². The minimum atomic E-state index is -0.0653. The largest absolute Gasteiger partial charge is 0.494 e. The normalized spacial score (nSPS) is 14.1. The zero-order valence-corrected chi connectivity index (χ0v) is 12.4. The second kappa shape index (κ2) is 8.94. The molecule has 2 unspecified atom stereocenters. The SMILES string of the molecule is CCCC(C)COCC(N)c1ccc(OCC)cc1. The molecule has 0 spiro atoms. The Balaban J connectivity index is 2.34. The van der Waals surface area contributed by atoms with Crippen LogP contribution in [0.4, 0.5) is 0 Å². The fourth-order valence-electron chi connectivity index (χ4n) is 2.05. The molecule has 3 nitrogen and oxygen atoms in total. The highest BCUT2D eigenvalue weighted by Gasteiger charge is 2.08. The van der Waals surface area contributed by atoms with Gasteiger partial charge in [0, 0.05) is 6.61 Å². The summed E-state index contributed by atoms with van der Waals surface area (Å²) < 4.78 is 11.1. The summed E-state index contributed by atoms with van der Waals surface area (Å²) in [6.07, 6.45) is 2.41. The summed E-state index contributed by atoms with van der Waals surface area (Å²) in [7, 11) is 0. The van der Waals surface area contributed by atoms with Gasteiger partial charge in [-0.1, -0.05) is 32.4 Å². The first kappa shape index (κ1) is 16.0. The predicted molar refractivity (Wildman–Crippen MR) is 79.4 cm³/mol. The fourth-order valence-corrected chi connectivity index (χ4v) is 2.05. The van der Waals surface area contributed by atoms with Crippen molar-refractivity contribution in [2.75, 3.05) is 19.8 Å². The summed E-state index contributed by atoms with van der Waals surface area (Å²) in [5.41, 5.74) is 7.20. The predicted octanol–water partition coefficient (Wildman–Crippen LogP) is 3.54. The van der Waals surface area contributed by atoms with Crippen LogP contribution >= 0.6 is 0 Å². The van der Waals surface area contributed by atoms with Crippen LogP contribution in [0.1, 0.15) is 45.2 Å². The second-order valence-electron chi connectivity index (χ2n) is 5.04. The van der Waals surface area contributed by atoms with E-state index in [9.17, 15) is 0 Å². The Labute approximate surface area is 117 Å².